The van der Waals surface area contributed by atoms with Crippen LogP contribution in [0.25, 0.3) is 0 Å². The van der Waals surface area contributed by atoms with Crippen molar-refractivity contribution in [1.82, 2.24) is 4.90 Å². The Morgan fingerprint density at radius 2 is 2.31 bits per heavy atom. The molecule has 3 aliphatic heterocycles. The van der Waals surface area contributed by atoms with E-state index in [2.05, 4.69) is 4.90 Å². The van der Waals surface area contributed by atoms with Crippen LogP contribution < -0.4 is 0 Å². The third kappa shape index (κ3) is 1.44. The van der Waals surface area contributed by atoms with Crippen LogP contribution in [0.1, 0.15) is 12.8 Å². The van der Waals surface area contributed by atoms with Crippen molar-refractivity contribution >= 4 is 5.97 Å². The maximum Gasteiger partial charge on any atom is 0.308 e. The van der Waals surface area contributed by atoms with Crippen molar-refractivity contribution in [3.05, 3.63) is 0 Å². The van der Waals surface area contributed by atoms with E-state index in [1.165, 1.54) is 0 Å². The summed E-state index contributed by atoms with van der Waals surface area (Å²) < 4.78 is 0. The Balaban J connectivity index is 2.07. The Morgan fingerprint density at radius 1 is 1.54 bits per heavy atom. The SMILES string of the molecule is O=C(O)[C@H]1CN2CC[C@H]1C[C@H]2CO. The molecule has 0 aromatic rings. The zero-order valence-electron chi connectivity index (χ0n) is 7.52. The summed E-state index contributed by atoms with van der Waals surface area (Å²) in [7, 11) is 0. The fraction of sp³-hybridized carbons (Fsp3) is 0.889. The third-order valence-corrected chi connectivity index (χ3v) is 3.41. The maximum atomic E-state index is 10.9. The highest BCUT2D eigenvalue weighted by atomic mass is 16.4. The lowest BCUT2D eigenvalue weighted by atomic mass is 9.76. The largest absolute Gasteiger partial charge is 0.481 e. The minimum atomic E-state index is -0.675. The Hall–Kier alpha value is -0.610. The van der Waals surface area contributed by atoms with Crippen LogP contribution in [0.2, 0.25) is 0 Å². The lowest BCUT2D eigenvalue weighted by molar-refractivity contribution is -0.150. The van der Waals surface area contributed by atoms with Crippen LogP contribution in [0, 0.1) is 11.8 Å². The smallest absolute Gasteiger partial charge is 0.308 e. The number of nitrogens with zero attached hydrogens (tertiary/aromatic N) is 1. The van der Waals surface area contributed by atoms with Crippen molar-refractivity contribution in [3.63, 3.8) is 0 Å². The normalized spacial score (nSPS) is 43.5. The molecule has 3 fully saturated rings. The van der Waals surface area contributed by atoms with E-state index in [9.17, 15) is 4.79 Å². The van der Waals surface area contributed by atoms with Crippen LogP contribution in [-0.4, -0.2) is 46.8 Å². The molecule has 4 nitrogen and oxygen atoms in total. The number of piperidine rings is 3. The first-order valence-electron chi connectivity index (χ1n) is 4.80. The number of hydrogen-bond acceptors (Lipinski definition) is 3. The molecule has 3 heterocycles. The molecule has 3 rings (SSSR count). The second-order valence-electron chi connectivity index (χ2n) is 4.06. The van der Waals surface area contributed by atoms with E-state index in [1.807, 2.05) is 0 Å². The van der Waals surface area contributed by atoms with Crippen LogP contribution in [0.3, 0.4) is 0 Å². The van der Waals surface area contributed by atoms with E-state index in [1.54, 1.807) is 0 Å². The molecule has 4 heteroatoms. The number of rotatable bonds is 2. The van der Waals surface area contributed by atoms with Gasteiger partial charge in [0.25, 0.3) is 0 Å². The van der Waals surface area contributed by atoms with Gasteiger partial charge in [-0.2, -0.15) is 0 Å². The van der Waals surface area contributed by atoms with Gasteiger partial charge in [-0.3, -0.25) is 9.69 Å². The Kier molecular flexibility index (Phi) is 2.26. The number of carboxylic acid groups (broad SMARTS) is 1. The summed E-state index contributed by atoms with van der Waals surface area (Å²) in [6.07, 6.45) is 1.83. The van der Waals surface area contributed by atoms with Gasteiger partial charge in [0.2, 0.25) is 0 Å². The van der Waals surface area contributed by atoms with Gasteiger partial charge >= 0.3 is 5.97 Å². The predicted octanol–water partition coefficient (Wildman–Crippen LogP) is -0.226. The first-order valence-corrected chi connectivity index (χ1v) is 4.80. The highest BCUT2D eigenvalue weighted by Gasteiger charge is 2.42. The second kappa shape index (κ2) is 3.27. The molecule has 0 aliphatic carbocycles. The summed E-state index contributed by atoms with van der Waals surface area (Å²) >= 11 is 0. The number of hydrogen-bond donors (Lipinski definition) is 2. The lowest BCUT2D eigenvalue weighted by Gasteiger charge is -2.47. The van der Waals surface area contributed by atoms with Crippen molar-refractivity contribution in [2.75, 3.05) is 19.7 Å². The molecular formula is C9H15NO3. The van der Waals surface area contributed by atoms with Crippen LogP contribution in [0.15, 0.2) is 0 Å². The number of carbonyl (C=O) groups is 1. The van der Waals surface area contributed by atoms with E-state index in [-0.39, 0.29) is 18.6 Å². The zero-order chi connectivity index (χ0) is 9.42. The van der Waals surface area contributed by atoms with Crippen molar-refractivity contribution < 1.29 is 15.0 Å². The molecule has 13 heavy (non-hydrogen) atoms. The first-order chi connectivity index (χ1) is 6.22. The van der Waals surface area contributed by atoms with Gasteiger partial charge in [0.1, 0.15) is 0 Å². The summed E-state index contributed by atoms with van der Waals surface area (Å²) in [4.78, 5) is 13.0. The zero-order valence-corrected chi connectivity index (χ0v) is 7.52. The van der Waals surface area contributed by atoms with Crippen molar-refractivity contribution in [2.24, 2.45) is 11.8 Å². The molecule has 74 valence electrons. The van der Waals surface area contributed by atoms with Crippen LogP contribution in [0.5, 0.6) is 0 Å². The standard InChI is InChI=1S/C9H15NO3/c11-5-7-3-6-1-2-10(7)4-8(6)9(12)13/h6-8,11H,1-5H2,(H,12,13)/t6-,7-,8-/m0/s1. The van der Waals surface area contributed by atoms with Crippen LogP contribution >= 0.6 is 0 Å². The lowest BCUT2D eigenvalue weighted by Crippen LogP contribution is -2.56. The summed E-state index contributed by atoms with van der Waals surface area (Å²) in [5, 5.41) is 18.0. The third-order valence-electron chi connectivity index (χ3n) is 3.41. The van der Waals surface area contributed by atoms with Crippen molar-refractivity contribution in [2.45, 2.75) is 18.9 Å². The summed E-state index contributed by atoms with van der Waals surface area (Å²) in [5.41, 5.74) is 0. The van der Waals surface area contributed by atoms with Gasteiger partial charge in [0.15, 0.2) is 0 Å². The quantitative estimate of drug-likeness (QED) is 0.624. The number of aliphatic hydroxyl groups excluding tert-OH is 1. The summed E-state index contributed by atoms with van der Waals surface area (Å²) in [6, 6.07) is 0.217. The van der Waals surface area contributed by atoms with Gasteiger partial charge in [0.05, 0.1) is 12.5 Å². The van der Waals surface area contributed by atoms with Gasteiger partial charge in [-0.25, -0.2) is 0 Å². The van der Waals surface area contributed by atoms with Gasteiger partial charge in [-0.05, 0) is 25.3 Å². The minimum Gasteiger partial charge on any atom is -0.481 e. The second-order valence-corrected chi connectivity index (χ2v) is 4.06. The molecule has 3 aliphatic rings. The molecule has 0 aromatic heterocycles. The minimum absolute atomic E-state index is 0.169. The summed E-state index contributed by atoms with van der Waals surface area (Å²) in [5.74, 6) is -0.581. The average molecular weight is 185 g/mol. The summed E-state index contributed by atoms with van der Waals surface area (Å²) in [6.45, 7) is 1.76. The molecule has 0 radical (unpaired) electrons. The number of fused-ring (bicyclic) bond motifs is 3. The van der Waals surface area contributed by atoms with E-state index >= 15 is 0 Å². The monoisotopic (exact) mass is 185 g/mol. The van der Waals surface area contributed by atoms with Crippen LogP contribution in [-0.2, 0) is 4.79 Å². The van der Waals surface area contributed by atoms with Crippen LogP contribution in [0.4, 0.5) is 0 Å². The van der Waals surface area contributed by atoms with Gasteiger partial charge < -0.3 is 10.2 Å². The highest BCUT2D eigenvalue weighted by molar-refractivity contribution is 5.71. The average Bonchev–Trinajstić information content (AvgIpc) is 2.18. The van der Waals surface area contributed by atoms with E-state index in [0.717, 1.165) is 19.4 Å². The molecule has 1 unspecified atom stereocenters. The molecule has 0 amide bonds. The highest BCUT2D eigenvalue weighted by Crippen LogP contribution is 2.35. The van der Waals surface area contributed by atoms with E-state index < -0.39 is 5.97 Å². The Morgan fingerprint density at radius 3 is 2.77 bits per heavy atom. The fourth-order valence-electron chi connectivity index (χ4n) is 2.61. The maximum absolute atomic E-state index is 10.9. The van der Waals surface area contributed by atoms with Crippen molar-refractivity contribution in [3.8, 4) is 0 Å². The van der Waals surface area contributed by atoms with E-state index in [0.29, 0.717) is 12.5 Å². The number of carboxylic acids is 1. The fourth-order valence-corrected chi connectivity index (χ4v) is 2.61. The molecular weight excluding hydrogens is 170 g/mol. The molecule has 0 aromatic carbocycles. The number of aliphatic carboxylic acids is 1. The predicted molar refractivity (Wildman–Crippen MR) is 46.3 cm³/mol. The Labute approximate surface area is 77.2 Å². The molecule has 0 spiro atoms. The first kappa shape index (κ1) is 8.97. The molecule has 2 N–H and O–H groups in total. The van der Waals surface area contributed by atoms with Gasteiger partial charge in [-0.1, -0.05) is 0 Å². The van der Waals surface area contributed by atoms with Gasteiger partial charge in [-0.15, -0.1) is 0 Å². The topological polar surface area (TPSA) is 60.8 Å². The van der Waals surface area contributed by atoms with Gasteiger partial charge in [0, 0.05) is 12.6 Å². The number of aliphatic hydroxyl groups is 1. The van der Waals surface area contributed by atoms with E-state index in [4.69, 9.17) is 10.2 Å². The molecule has 3 saturated heterocycles. The molecule has 2 bridgehead atoms. The molecule has 4 atom stereocenters. The Bertz CT molecular complexity index is 219. The molecule has 0 saturated carbocycles. The van der Waals surface area contributed by atoms with Crippen molar-refractivity contribution in [1.29, 1.82) is 0 Å².